The Morgan fingerprint density at radius 1 is 1.18 bits per heavy atom. The molecule has 4 rings (SSSR count). The SMILES string of the molecule is CCCCCCn1c(SCC(=O)c2cc(C)n(C3CCS(=O)(=O)C3)c2C)nc2ccccc21. The van der Waals surface area contributed by atoms with Gasteiger partial charge in [0.15, 0.2) is 20.8 Å². The molecule has 1 aliphatic heterocycles. The van der Waals surface area contributed by atoms with Crippen molar-refractivity contribution in [2.24, 2.45) is 0 Å². The van der Waals surface area contributed by atoms with Gasteiger partial charge < -0.3 is 9.13 Å². The summed E-state index contributed by atoms with van der Waals surface area (Å²) >= 11 is 1.49. The molecule has 6 nitrogen and oxygen atoms in total. The maximum Gasteiger partial charge on any atom is 0.175 e. The molecule has 1 fully saturated rings. The van der Waals surface area contributed by atoms with Crippen molar-refractivity contribution in [3.05, 3.63) is 47.3 Å². The molecular formula is C25H33N3O3S2. The van der Waals surface area contributed by atoms with Crippen LogP contribution in [-0.4, -0.2) is 45.6 Å². The quantitative estimate of drug-likeness (QED) is 0.218. The number of imidazole rings is 1. The van der Waals surface area contributed by atoms with E-state index in [0.717, 1.165) is 40.5 Å². The number of rotatable bonds is 10. The van der Waals surface area contributed by atoms with E-state index in [1.807, 2.05) is 42.7 Å². The molecule has 0 aliphatic carbocycles. The summed E-state index contributed by atoms with van der Waals surface area (Å²) in [6.07, 6.45) is 5.33. The van der Waals surface area contributed by atoms with Gasteiger partial charge in [0.2, 0.25) is 0 Å². The number of carbonyl (C=O) groups excluding carboxylic acids is 1. The van der Waals surface area contributed by atoms with E-state index < -0.39 is 9.84 Å². The van der Waals surface area contributed by atoms with Crippen molar-refractivity contribution in [2.75, 3.05) is 17.3 Å². The van der Waals surface area contributed by atoms with Gasteiger partial charge in [0.25, 0.3) is 0 Å². The first-order chi connectivity index (χ1) is 15.8. The maximum atomic E-state index is 13.2. The first-order valence-corrected chi connectivity index (χ1v) is 14.6. The van der Waals surface area contributed by atoms with Crippen LogP contribution in [0.25, 0.3) is 11.0 Å². The van der Waals surface area contributed by atoms with Gasteiger partial charge in [-0.1, -0.05) is 50.1 Å². The molecule has 0 bridgehead atoms. The lowest BCUT2D eigenvalue weighted by Gasteiger charge is -2.16. The number of aryl methyl sites for hydroxylation is 2. The normalized spacial score (nSPS) is 17.7. The van der Waals surface area contributed by atoms with E-state index in [0.29, 0.717) is 17.7 Å². The van der Waals surface area contributed by atoms with Crippen molar-refractivity contribution in [1.29, 1.82) is 0 Å². The monoisotopic (exact) mass is 487 g/mol. The highest BCUT2D eigenvalue weighted by molar-refractivity contribution is 7.99. The molecule has 8 heteroatoms. The highest BCUT2D eigenvalue weighted by Crippen LogP contribution is 2.31. The van der Waals surface area contributed by atoms with Gasteiger partial charge in [-0.15, -0.1) is 0 Å². The number of sulfone groups is 1. The third kappa shape index (κ3) is 5.22. The van der Waals surface area contributed by atoms with Crippen molar-refractivity contribution in [2.45, 2.75) is 70.6 Å². The molecule has 178 valence electrons. The number of nitrogens with zero attached hydrogens (tertiary/aromatic N) is 3. The number of hydrogen-bond acceptors (Lipinski definition) is 5. The van der Waals surface area contributed by atoms with Crippen LogP contribution in [0.4, 0.5) is 0 Å². The van der Waals surface area contributed by atoms with Crippen LogP contribution < -0.4 is 0 Å². The topological polar surface area (TPSA) is 74.0 Å². The van der Waals surface area contributed by atoms with Gasteiger partial charge >= 0.3 is 0 Å². The molecule has 3 aromatic rings. The summed E-state index contributed by atoms with van der Waals surface area (Å²) in [6.45, 7) is 7.00. The Bertz CT molecular complexity index is 1260. The van der Waals surface area contributed by atoms with Gasteiger partial charge in [-0.25, -0.2) is 13.4 Å². The summed E-state index contributed by atoms with van der Waals surface area (Å²) < 4.78 is 28.2. The average molecular weight is 488 g/mol. The van der Waals surface area contributed by atoms with Crippen molar-refractivity contribution in [3.63, 3.8) is 0 Å². The lowest BCUT2D eigenvalue weighted by atomic mass is 10.2. The van der Waals surface area contributed by atoms with Crippen LogP contribution >= 0.6 is 11.8 Å². The fraction of sp³-hybridized carbons (Fsp3) is 0.520. The van der Waals surface area contributed by atoms with Gasteiger partial charge in [0.1, 0.15) is 0 Å². The molecule has 1 unspecified atom stereocenters. The van der Waals surface area contributed by atoms with Crippen LogP contribution in [0, 0.1) is 13.8 Å². The zero-order valence-corrected chi connectivity index (χ0v) is 21.3. The molecule has 1 aromatic carbocycles. The van der Waals surface area contributed by atoms with Crippen LogP contribution in [0.3, 0.4) is 0 Å². The van der Waals surface area contributed by atoms with Gasteiger partial charge in [-0.3, -0.25) is 4.79 Å². The third-order valence-corrected chi connectivity index (χ3v) is 9.27. The smallest absolute Gasteiger partial charge is 0.175 e. The Morgan fingerprint density at radius 2 is 1.97 bits per heavy atom. The fourth-order valence-electron chi connectivity index (χ4n) is 4.88. The number of carbonyl (C=O) groups is 1. The summed E-state index contributed by atoms with van der Waals surface area (Å²) in [6, 6.07) is 9.98. The highest BCUT2D eigenvalue weighted by Gasteiger charge is 2.31. The summed E-state index contributed by atoms with van der Waals surface area (Å²) in [5.74, 6) is 0.756. The van der Waals surface area contributed by atoms with Crippen LogP contribution in [0.1, 0.15) is 66.8 Å². The molecule has 0 radical (unpaired) electrons. The predicted molar refractivity (Wildman–Crippen MR) is 135 cm³/mol. The Balaban J connectivity index is 1.51. The van der Waals surface area contributed by atoms with Crippen LogP contribution in [0.15, 0.2) is 35.5 Å². The second-order valence-corrected chi connectivity index (χ2v) is 12.2. The highest BCUT2D eigenvalue weighted by atomic mass is 32.2. The first-order valence-electron chi connectivity index (χ1n) is 11.8. The van der Waals surface area contributed by atoms with E-state index in [9.17, 15) is 13.2 Å². The molecule has 0 amide bonds. The molecule has 1 aliphatic rings. The summed E-state index contributed by atoms with van der Waals surface area (Å²) in [5.41, 5.74) is 4.59. The molecule has 1 saturated heterocycles. The second kappa shape index (κ2) is 10.1. The number of hydrogen-bond donors (Lipinski definition) is 0. The molecule has 0 spiro atoms. The van der Waals surface area contributed by atoms with Crippen molar-refractivity contribution >= 4 is 38.4 Å². The summed E-state index contributed by atoms with van der Waals surface area (Å²) in [5, 5.41) is 0.886. The molecule has 2 aromatic heterocycles. The molecule has 0 N–H and O–H groups in total. The van der Waals surface area contributed by atoms with E-state index in [-0.39, 0.29) is 23.3 Å². The number of fused-ring (bicyclic) bond motifs is 1. The van der Waals surface area contributed by atoms with Gasteiger partial charge in [0.05, 0.1) is 28.3 Å². The largest absolute Gasteiger partial charge is 0.344 e. The zero-order chi connectivity index (χ0) is 23.6. The number of para-hydroxylation sites is 2. The number of Topliss-reactive ketones (excluding diaryl/α,β-unsaturated/α-hetero) is 1. The van der Waals surface area contributed by atoms with E-state index in [1.165, 1.54) is 31.0 Å². The number of ketones is 1. The first kappa shape index (κ1) is 24.1. The van der Waals surface area contributed by atoms with Gasteiger partial charge in [0, 0.05) is 29.5 Å². The lowest BCUT2D eigenvalue weighted by Crippen LogP contribution is -2.14. The van der Waals surface area contributed by atoms with Crippen LogP contribution in [0.5, 0.6) is 0 Å². The van der Waals surface area contributed by atoms with Crippen LogP contribution in [0.2, 0.25) is 0 Å². The molecular weight excluding hydrogens is 454 g/mol. The van der Waals surface area contributed by atoms with Crippen LogP contribution in [-0.2, 0) is 16.4 Å². The van der Waals surface area contributed by atoms with E-state index >= 15 is 0 Å². The van der Waals surface area contributed by atoms with Crippen molar-refractivity contribution in [1.82, 2.24) is 14.1 Å². The number of unbranched alkanes of at least 4 members (excludes halogenated alkanes) is 3. The molecule has 0 saturated carbocycles. The van der Waals surface area contributed by atoms with E-state index in [1.54, 1.807) is 0 Å². The maximum absolute atomic E-state index is 13.2. The average Bonchev–Trinajstić information content (AvgIpc) is 3.41. The van der Waals surface area contributed by atoms with Crippen molar-refractivity contribution in [3.8, 4) is 0 Å². The fourth-order valence-corrected chi connectivity index (χ4v) is 7.51. The number of aromatic nitrogens is 3. The molecule has 33 heavy (non-hydrogen) atoms. The van der Waals surface area contributed by atoms with Crippen molar-refractivity contribution < 1.29 is 13.2 Å². The minimum absolute atomic E-state index is 0.0600. The Morgan fingerprint density at radius 3 is 2.70 bits per heavy atom. The summed E-state index contributed by atoms with van der Waals surface area (Å²) in [7, 11) is -2.98. The standard InChI is InChI=1S/C25H33N3O3S2/c1-4-5-6-9-13-27-23-11-8-7-10-22(23)26-25(27)32-16-24(29)21-15-18(2)28(19(21)3)20-12-14-33(30,31)17-20/h7-8,10-11,15,20H,4-6,9,12-14,16-17H2,1-3H3. The lowest BCUT2D eigenvalue weighted by molar-refractivity contribution is 0.102. The Labute approximate surface area is 200 Å². The third-order valence-electron chi connectivity index (χ3n) is 6.55. The number of thioether (sulfide) groups is 1. The van der Waals surface area contributed by atoms with Gasteiger partial charge in [-0.2, -0.15) is 0 Å². The Hall–Kier alpha value is -2.06. The minimum Gasteiger partial charge on any atom is -0.344 e. The number of benzene rings is 1. The predicted octanol–water partition coefficient (Wildman–Crippen LogP) is 5.37. The molecule has 1 atom stereocenters. The van der Waals surface area contributed by atoms with Gasteiger partial charge in [-0.05, 0) is 44.9 Å². The minimum atomic E-state index is -2.98. The molecule has 3 heterocycles. The van der Waals surface area contributed by atoms with E-state index in [2.05, 4.69) is 17.6 Å². The second-order valence-electron chi connectivity index (χ2n) is 9.02. The summed E-state index contributed by atoms with van der Waals surface area (Å²) in [4.78, 5) is 18.0. The Kier molecular flexibility index (Phi) is 7.34. The van der Waals surface area contributed by atoms with E-state index in [4.69, 9.17) is 4.98 Å². The zero-order valence-electron chi connectivity index (χ0n) is 19.7.